The zero-order valence-electron chi connectivity index (χ0n) is 15.2. The third-order valence-corrected chi connectivity index (χ3v) is 3.93. The average molecular weight is 357 g/mol. The maximum atomic E-state index is 12.6. The lowest BCUT2D eigenvalue weighted by Crippen LogP contribution is -2.38. The van der Waals surface area contributed by atoms with Crippen molar-refractivity contribution < 1.29 is 19.1 Å². The Bertz CT molecular complexity index is 833. The minimum Gasteiger partial charge on any atom is -0.452 e. The number of likely N-dealkylation sites (N-methyl/N-ethyl adjacent to an activating group) is 1. The Hall–Kier alpha value is -2.96. The summed E-state index contributed by atoms with van der Waals surface area (Å²) in [6.07, 6.45) is 0.684. The Morgan fingerprint density at radius 1 is 1.08 bits per heavy atom. The van der Waals surface area contributed by atoms with Crippen LogP contribution >= 0.6 is 0 Å². The molecule has 1 heterocycles. The summed E-state index contributed by atoms with van der Waals surface area (Å²) in [5, 5.41) is 5.66. The van der Waals surface area contributed by atoms with Crippen molar-refractivity contribution in [3.63, 3.8) is 0 Å². The standard InChI is InChI=1S/C19H23N3O4/c1-4-14-12(3)18(13-8-6-7-9-15(13)22-14)19(25)26-11-17(24)21-10-16(23)20-5-2/h6-9H,4-5,10-11H2,1-3H3,(H,20,23)(H,21,24). The van der Waals surface area contributed by atoms with Gasteiger partial charge in [-0.2, -0.15) is 0 Å². The zero-order chi connectivity index (χ0) is 19.1. The van der Waals surface area contributed by atoms with E-state index in [0.717, 1.165) is 11.3 Å². The van der Waals surface area contributed by atoms with Gasteiger partial charge in [0.25, 0.3) is 5.91 Å². The minimum absolute atomic E-state index is 0.151. The molecular weight excluding hydrogens is 334 g/mol. The van der Waals surface area contributed by atoms with Crippen LogP contribution in [0.2, 0.25) is 0 Å². The number of para-hydroxylation sites is 1. The summed E-state index contributed by atoms with van der Waals surface area (Å²) < 4.78 is 5.16. The fourth-order valence-corrected chi connectivity index (χ4v) is 2.66. The van der Waals surface area contributed by atoms with E-state index in [4.69, 9.17) is 4.74 Å². The number of carbonyl (C=O) groups is 3. The molecule has 7 nitrogen and oxygen atoms in total. The van der Waals surface area contributed by atoms with Crippen LogP contribution in [0.1, 0.15) is 35.5 Å². The van der Waals surface area contributed by atoms with Gasteiger partial charge in [0.05, 0.1) is 17.6 Å². The molecule has 1 aromatic carbocycles. The van der Waals surface area contributed by atoms with E-state index in [1.807, 2.05) is 32.0 Å². The van der Waals surface area contributed by atoms with E-state index in [-0.39, 0.29) is 12.5 Å². The maximum absolute atomic E-state index is 12.6. The molecule has 0 aliphatic rings. The number of hydrogen-bond donors (Lipinski definition) is 2. The Labute approximate surface area is 152 Å². The molecular formula is C19H23N3O4. The highest BCUT2D eigenvalue weighted by Gasteiger charge is 2.19. The van der Waals surface area contributed by atoms with Crippen LogP contribution < -0.4 is 10.6 Å². The van der Waals surface area contributed by atoms with Crippen LogP contribution in [0.5, 0.6) is 0 Å². The number of pyridine rings is 1. The molecule has 0 fully saturated rings. The first-order valence-electron chi connectivity index (χ1n) is 8.56. The molecule has 0 atom stereocenters. The highest BCUT2D eigenvalue weighted by molar-refractivity contribution is 6.05. The van der Waals surface area contributed by atoms with E-state index >= 15 is 0 Å². The number of benzene rings is 1. The monoisotopic (exact) mass is 357 g/mol. The number of ether oxygens (including phenoxy) is 1. The van der Waals surface area contributed by atoms with E-state index in [2.05, 4.69) is 15.6 Å². The van der Waals surface area contributed by atoms with Gasteiger partial charge >= 0.3 is 5.97 Å². The number of nitrogens with one attached hydrogen (secondary N) is 2. The third kappa shape index (κ3) is 4.56. The molecule has 2 amide bonds. The lowest BCUT2D eigenvalue weighted by molar-refractivity contribution is -0.127. The van der Waals surface area contributed by atoms with Crippen molar-refractivity contribution in [1.82, 2.24) is 15.6 Å². The van der Waals surface area contributed by atoms with Gasteiger partial charge < -0.3 is 15.4 Å². The van der Waals surface area contributed by atoms with E-state index in [1.54, 1.807) is 13.0 Å². The average Bonchev–Trinajstić information content (AvgIpc) is 2.64. The molecule has 0 saturated heterocycles. The first kappa shape index (κ1) is 19.4. The van der Waals surface area contributed by atoms with Gasteiger partial charge in [-0.15, -0.1) is 0 Å². The van der Waals surface area contributed by atoms with Crippen molar-refractivity contribution >= 4 is 28.7 Å². The molecule has 0 saturated carbocycles. The van der Waals surface area contributed by atoms with Crippen LogP contribution in [0.25, 0.3) is 10.9 Å². The van der Waals surface area contributed by atoms with E-state index in [1.165, 1.54) is 0 Å². The van der Waals surface area contributed by atoms with Gasteiger partial charge in [-0.25, -0.2) is 4.79 Å². The quantitative estimate of drug-likeness (QED) is 0.732. The summed E-state index contributed by atoms with van der Waals surface area (Å²) in [4.78, 5) is 40.3. The topological polar surface area (TPSA) is 97.4 Å². The first-order valence-corrected chi connectivity index (χ1v) is 8.56. The van der Waals surface area contributed by atoms with Crippen molar-refractivity contribution in [2.24, 2.45) is 0 Å². The Morgan fingerprint density at radius 3 is 2.50 bits per heavy atom. The summed E-state index contributed by atoms with van der Waals surface area (Å²) >= 11 is 0. The van der Waals surface area contributed by atoms with Gasteiger partial charge in [0.2, 0.25) is 5.91 Å². The van der Waals surface area contributed by atoms with Crippen LogP contribution in [0.15, 0.2) is 24.3 Å². The van der Waals surface area contributed by atoms with Crippen molar-refractivity contribution in [2.75, 3.05) is 19.7 Å². The fourth-order valence-electron chi connectivity index (χ4n) is 2.66. The highest BCUT2D eigenvalue weighted by atomic mass is 16.5. The molecule has 2 rings (SSSR count). The third-order valence-electron chi connectivity index (χ3n) is 3.93. The normalized spacial score (nSPS) is 10.4. The van der Waals surface area contributed by atoms with Crippen molar-refractivity contribution in [1.29, 1.82) is 0 Å². The van der Waals surface area contributed by atoms with Crippen LogP contribution in [-0.2, 0) is 20.7 Å². The molecule has 26 heavy (non-hydrogen) atoms. The summed E-state index contributed by atoms with van der Waals surface area (Å²) in [6, 6.07) is 7.32. The smallest absolute Gasteiger partial charge is 0.339 e. The Morgan fingerprint density at radius 2 is 1.81 bits per heavy atom. The molecule has 0 aliphatic heterocycles. The fraction of sp³-hybridized carbons (Fsp3) is 0.368. The number of aromatic nitrogens is 1. The van der Waals surface area contributed by atoms with Gasteiger partial charge in [-0.3, -0.25) is 14.6 Å². The minimum atomic E-state index is -0.580. The van der Waals surface area contributed by atoms with Gasteiger partial charge in [0, 0.05) is 17.6 Å². The molecule has 0 aliphatic carbocycles. The first-order chi connectivity index (χ1) is 12.5. The second-order valence-electron chi connectivity index (χ2n) is 5.74. The second-order valence-corrected chi connectivity index (χ2v) is 5.74. The summed E-state index contributed by atoms with van der Waals surface area (Å²) in [5.74, 6) is -1.41. The number of esters is 1. The van der Waals surface area contributed by atoms with Crippen LogP contribution in [-0.4, -0.2) is 42.5 Å². The Kier molecular flexibility index (Phi) is 6.66. The number of fused-ring (bicyclic) bond motifs is 1. The molecule has 0 unspecified atom stereocenters. The maximum Gasteiger partial charge on any atom is 0.339 e. The Balaban J connectivity index is 2.11. The SMILES string of the molecule is CCNC(=O)CNC(=O)COC(=O)c1c(C)c(CC)nc2ccccc12. The molecule has 2 N–H and O–H groups in total. The van der Waals surface area contributed by atoms with Crippen LogP contribution in [0, 0.1) is 6.92 Å². The van der Waals surface area contributed by atoms with Gasteiger partial charge in [0.1, 0.15) is 0 Å². The molecule has 0 bridgehead atoms. The molecule has 1 aromatic heterocycles. The summed E-state index contributed by atoms with van der Waals surface area (Å²) in [7, 11) is 0. The zero-order valence-corrected chi connectivity index (χ0v) is 15.2. The van der Waals surface area contributed by atoms with Gasteiger partial charge in [0.15, 0.2) is 6.61 Å². The number of hydrogen-bond acceptors (Lipinski definition) is 5. The summed E-state index contributed by atoms with van der Waals surface area (Å²) in [5.41, 5.74) is 2.70. The number of amides is 2. The molecule has 2 aromatic rings. The number of rotatable bonds is 7. The molecule has 0 spiro atoms. The number of aryl methyl sites for hydroxylation is 1. The summed E-state index contributed by atoms with van der Waals surface area (Å²) in [6.45, 7) is 5.46. The number of nitrogens with zero attached hydrogens (tertiary/aromatic N) is 1. The lowest BCUT2D eigenvalue weighted by Gasteiger charge is -2.13. The van der Waals surface area contributed by atoms with Crippen molar-refractivity contribution in [3.8, 4) is 0 Å². The number of carbonyl (C=O) groups excluding carboxylic acids is 3. The second kappa shape index (κ2) is 8.94. The van der Waals surface area contributed by atoms with E-state index in [9.17, 15) is 14.4 Å². The van der Waals surface area contributed by atoms with E-state index in [0.29, 0.717) is 29.4 Å². The molecule has 138 valence electrons. The van der Waals surface area contributed by atoms with Crippen molar-refractivity contribution in [2.45, 2.75) is 27.2 Å². The van der Waals surface area contributed by atoms with Gasteiger partial charge in [-0.05, 0) is 31.9 Å². The largest absolute Gasteiger partial charge is 0.452 e. The molecule has 0 radical (unpaired) electrons. The molecule has 7 heteroatoms. The van der Waals surface area contributed by atoms with E-state index < -0.39 is 18.5 Å². The van der Waals surface area contributed by atoms with Crippen LogP contribution in [0.4, 0.5) is 0 Å². The van der Waals surface area contributed by atoms with Crippen molar-refractivity contribution in [3.05, 3.63) is 41.1 Å². The lowest BCUT2D eigenvalue weighted by atomic mass is 10.0. The predicted octanol–water partition coefficient (Wildman–Crippen LogP) is 1.51. The highest BCUT2D eigenvalue weighted by Crippen LogP contribution is 2.24. The van der Waals surface area contributed by atoms with Gasteiger partial charge in [-0.1, -0.05) is 25.1 Å². The van der Waals surface area contributed by atoms with Crippen LogP contribution in [0.3, 0.4) is 0 Å². The predicted molar refractivity (Wildman–Crippen MR) is 97.8 cm³/mol.